The Morgan fingerprint density at radius 1 is 1.17 bits per heavy atom. The van der Waals surface area contributed by atoms with Crippen LogP contribution in [0.15, 0.2) is 0 Å². The second-order valence-electron chi connectivity index (χ2n) is 5.71. The molecule has 1 heterocycles. The third-order valence-corrected chi connectivity index (χ3v) is 4.28. The molecule has 1 rings (SSSR count). The van der Waals surface area contributed by atoms with E-state index in [4.69, 9.17) is 10.6 Å². The zero-order valence-corrected chi connectivity index (χ0v) is 12.3. The summed E-state index contributed by atoms with van der Waals surface area (Å²) in [5.74, 6) is 6.30. The SMILES string of the molecule is CCCCCCCCCC(NN)C1CCOC1C. The van der Waals surface area contributed by atoms with E-state index in [-0.39, 0.29) is 0 Å². The Hall–Kier alpha value is -0.120. The average molecular weight is 256 g/mol. The fourth-order valence-electron chi connectivity index (χ4n) is 3.02. The lowest BCUT2D eigenvalue weighted by Gasteiger charge is -2.25. The van der Waals surface area contributed by atoms with Crippen LogP contribution in [0.3, 0.4) is 0 Å². The summed E-state index contributed by atoms with van der Waals surface area (Å²) in [5, 5.41) is 0. The van der Waals surface area contributed by atoms with Crippen molar-refractivity contribution < 1.29 is 4.74 Å². The van der Waals surface area contributed by atoms with Crippen molar-refractivity contribution in [3.63, 3.8) is 0 Å². The number of nitrogens with two attached hydrogens (primary N) is 1. The van der Waals surface area contributed by atoms with Crippen molar-refractivity contribution in [3.8, 4) is 0 Å². The second kappa shape index (κ2) is 9.76. The molecule has 3 atom stereocenters. The van der Waals surface area contributed by atoms with E-state index < -0.39 is 0 Å². The smallest absolute Gasteiger partial charge is 0.0591 e. The first-order valence-corrected chi connectivity index (χ1v) is 7.87. The zero-order valence-electron chi connectivity index (χ0n) is 12.3. The first kappa shape index (κ1) is 15.9. The molecule has 0 aliphatic carbocycles. The summed E-state index contributed by atoms with van der Waals surface area (Å²) in [5.41, 5.74) is 3.01. The van der Waals surface area contributed by atoms with Gasteiger partial charge in [-0.15, -0.1) is 0 Å². The van der Waals surface area contributed by atoms with E-state index in [1.165, 1.54) is 51.4 Å². The van der Waals surface area contributed by atoms with Crippen LogP contribution in [0.1, 0.15) is 71.6 Å². The quantitative estimate of drug-likeness (QED) is 0.358. The van der Waals surface area contributed by atoms with Gasteiger partial charge in [0, 0.05) is 18.6 Å². The summed E-state index contributed by atoms with van der Waals surface area (Å²) < 4.78 is 5.62. The monoisotopic (exact) mass is 256 g/mol. The van der Waals surface area contributed by atoms with Crippen LogP contribution >= 0.6 is 0 Å². The van der Waals surface area contributed by atoms with E-state index >= 15 is 0 Å². The van der Waals surface area contributed by atoms with Gasteiger partial charge in [-0.2, -0.15) is 0 Å². The maximum Gasteiger partial charge on any atom is 0.0591 e. The number of hydrogen-bond donors (Lipinski definition) is 2. The van der Waals surface area contributed by atoms with Gasteiger partial charge in [0.25, 0.3) is 0 Å². The zero-order chi connectivity index (χ0) is 13.2. The van der Waals surface area contributed by atoms with Crippen molar-refractivity contribution in [2.45, 2.75) is 83.8 Å². The lowest BCUT2D eigenvalue weighted by molar-refractivity contribution is 0.0939. The van der Waals surface area contributed by atoms with Crippen LogP contribution in [-0.4, -0.2) is 18.8 Å². The van der Waals surface area contributed by atoms with E-state index in [0.717, 1.165) is 13.0 Å². The van der Waals surface area contributed by atoms with Crippen molar-refractivity contribution in [2.75, 3.05) is 6.61 Å². The van der Waals surface area contributed by atoms with Gasteiger partial charge >= 0.3 is 0 Å². The van der Waals surface area contributed by atoms with Crippen LogP contribution in [0.4, 0.5) is 0 Å². The number of ether oxygens (including phenoxy) is 1. The molecule has 3 heteroatoms. The molecule has 108 valence electrons. The fourth-order valence-corrected chi connectivity index (χ4v) is 3.02. The van der Waals surface area contributed by atoms with Crippen LogP contribution in [-0.2, 0) is 4.74 Å². The van der Waals surface area contributed by atoms with Gasteiger partial charge in [0.05, 0.1) is 6.10 Å². The molecule has 3 N–H and O–H groups in total. The van der Waals surface area contributed by atoms with Crippen molar-refractivity contribution in [3.05, 3.63) is 0 Å². The van der Waals surface area contributed by atoms with Gasteiger partial charge in [0.1, 0.15) is 0 Å². The molecule has 1 aliphatic rings. The third kappa shape index (κ3) is 5.68. The van der Waals surface area contributed by atoms with E-state index in [1.807, 2.05) is 0 Å². The number of nitrogens with one attached hydrogen (secondary N) is 1. The highest BCUT2D eigenvalue weighted by Crippen LogP contribution is 2.26. The van der Waals surface area contributed by atoms with E-state index in [1.54, 1.807) is 0 Å². The van der Waals surface area contributed by atoms with Crippen molar-refractivity contribution in [1.82, 2.24) is 5.43 Å². The molecule has 1 saturated heterocycles. The van der Waals surface area contributed by atoms with Gasteiger partial charge in [-0.1, -0.05) is 51.9 Å². The number of hydrogen-bond acceptors (Lipinski definition) is 3. The average Bonchev–Trinajstić information content (AvgIpc) is 2.79. The molecule has 0 aromatic rings. The highest BCUT2D eigenvalue weighted by Gasteiger charge is 2.30. The molecule has 0 aromatic heterocycles. The van der Waals surface area contributed by atoms with Crippen molar-refractivity contribution >= 4 is 0 Å². The topological polar surface area (TPSA) is 47.3 Å². The van der Waals surface area contributed by atoms with Gasteiger partial charge in [0.15, 0.2) is 0 Å². The van der Waals surface area contributed by atoms with Crippen LogP contribution in [0.2, 0.25) is 0 Å². The molecule has 18 heavy (non-hydrogen) atoms. The largest absolute Gasteiger partial charge is 0.378 e. The standard InChI is InChI=1S/C15H32N2O/c1-3-4-5-6-7-8-9-10-15(17-16)14-11-12-18-13(14)2/h13-15,17H,3-12,16H2,1-2H3. The number of hydrazine groups is 1. The Labute approximate surface area is 113 Å². The number of rotatable bonds is 10. The van der Waals surface area contributed by atoms with Gasteiger partial charge in [-0.05, 0) is 19.8 Å². The summed E-state index contributed by atoms with van der Waals surface area (Å²) in [6, 6.07) is 0.443. The molecule has 3 nitrogen and oxygen atoms in total. The minimum Gasteiger partial charge on any atom is -0.378 e. The maximum atomic E-state index is 5.69. The Morgan fingerprint density at radius 3 is 2.39 bits per heavy atom. The molecule has 0 amide bonds. The van der Waals surface area contributed by atoms with E-state index in [9.17, 15) is 0 Å². The van der Waals surface area contributed by atoms with Crippen LogP contribution in [0.5, 0.6) is 0 Å². The van der Waals surface area contributed by atoms with Gasteiger partial charge < -0.3 is 4.74 Å². The van der Waals surface area contributed by atoms with Crippen LogP contribution in [0, 0.1) is 5.92 Å². The molecule has 0 radical (unpaired) electrons. The fraction of sp³-hybridized carbons (Fsp3) is 1.00. The Balaban J connectivity index is 2.05. The first-order valence-electron chi connectivity index (χ1n) is 7.87. The summed E-state index contributed by atoms with van der Waals surface area (Å²) in [4.78, 5) is 0. The Kier molecular flexibility index (Phi) is 8.64. The molecule has 0 bridgehead atoms. The van der Waals surface area contributed by atoms with Crippen molar-refractivity contribution in [2.24, 2.45) is 11.8 Å². The second-order valence-corrected chi connectivity index (χ2v) is 5.71. The van der Waals surface area contributed by atoms with Crippen LogP contribution < -0.4 is 11.3 Å². The predicted octanol–water partition coefficient (Wildman–Crippen LogP) is 3.38. The van der Waals surface area contributed by atoms with Crippen LogP contribution in [0.25, 0.3) is 0 Å². The lowest BCUT2D eigenvalue weighted by Crippen LogP contribution is -2.43. The summed E-state index contributed by atoms with van der Waals surface area (Å²) in [7, 11) is 0. The van der Waals surface area contributed by atoms with Crippen molar-refractivity contribution in [1.29, 1.82) is 0 Å². The maximum absolute atomic E-state index is 5.69. The molecule has 0 aromatic carbocycles. The van der Waals surface area contributed by atoms with Gasteiger partial charge in [-0.3, -0.25) is 11.3 Å². The molecule has 1 aliphatic heterocycles. The Morgan fingerprint density at radius 2 is 1.83 bits per heavy atom. The van der Waals surface area contributed by atoms with Gasteiger partial charge in [-0.25, -0.2) is 0 Å². The van der Waals surface area contributed by atoms with Gasteiger partial charge in [0.2, 0.25) is 0 Å². The highest BCUT2D eigenvalue weighted by atomic mass is 16.5. The lowest BCUT2D eigenvalue weighted by atomic mass is 9.90. The first-order chi connectivity index (χ1) is 8.79. The third-order valence-electron chi connectivity index (χ3n) is 4.28. The van der Waals surface area contributed by atoms with E-state index in [0.29, 0.717) is 18.1 Å². The summed E-state index contributed by atoms with van der Waals surface area (Å²) in [6.07, 6.45) is 12.3. The van der Waals surface area contributed by atoms with E-state index in [2.05, 4.69) is 19.3 Å². The molecule has 3 unspecified atom stereocenters. The summed E-state index contributed by atoms with van der Waals surface area (Å²) >= 11 is 0. The Bertz CT molecular complexity index is 199. The molecule has 1 fully saturated rings. The molecular weight excluding hydrogens is 224 g/mol. The normalized spacial score (nSPS) is 25.5. The molecule has 0 spiro atoms. The predicted molar refractivity (Wildman–Crippen MR) is 77.2 cm³/mol. The molecular formula is C15H32N2O. The highest BCUT2D eigenvalue weighted by molar-refractivity contribution is 4.83. The minimum absolute atomic E-state index is 0.371. The molecule has 0 saturated carbocycles. The summed E-state index contributed by atoms with van der Waals surface area (Å²) in [6.45, 7) is 5.34. The number of unbranched alkanes of at least 4 members (excludes halogenated alkanes) is 6. The minimum atomic E-state index is 0.371.